The maximum absolute atomic E-state index is 12.0. The summed E-state index contributed by atoms with van der Waals surface area (Å²) < 4.78 is 1.63. The molecule has 7 heteroatoms. The van der Waals surface area contributed by atoms with Crippen LogP contribution in [0, 0.1) is 6.92 Å². The molecule has 0 atom stereocenters. The van der Waals surface area contributed by atoms with Crippen molar-refractivity contribution in [3.8, 4) is 0 Å². The number of amides is 1. The number of aromatic nitrogens is 2. The monoisotopic (exact) mass is 266 g/mol. The van der Waals surface area contributed by atoms with E-state index in [1.54, 1.807) is 10.7 Å². The smallest absolute Gasteiger partial charge is 0.276 e. The largest absolute Gasteiger partial charge is 0.370 e. The van der Waals surface area contributed by atoms with E-state index in [4.69, 9.17) is 11.5 Å². The molecule has 0 aliphatic rings. The van der Waals surface area contributed by atoms with Crippen LogP contribution in [-0.4, -0.2) is 34.7 Å². The fourth-order valence-electron chi connectivity index (χ4n) is 1.64. The lowest BCUT2D eigenvalue weighted by atomic mass is 10.3. The van der Waals surface area contributed by atoms with E-state index in [1.807, 2.05) is 13.8 Å². The minimum Gasteiger partial charge on any atom is -0.370 e. The maximum atomic E-state index is 12.0. The topological polar surface area (TPSA) is 111 Å². The Kier molecular flexibility index (Phi) is 6.01. The van der Waals surface area contributed by atoms with E-state index in [9.17, 15) is 4.79 Å². The molecule has 0 spiro atoms. The lowest BCUT2D eigenvalue weighted by Crippen LogP contribution is -2.38. The molecule has 5 N–H and O–H groups in total. The van der Waals surface area contributed by atoms with Gasteiger partial charge in [0.1, 0.15) is 5.69 Å². The number of rotatable bonds is 6. The molecule has 0 bridgehead atoms. The molecule has 1 aromatic heterocycles. The third kappa shape index (κ3) is 4.70. The zero-order chi connectivity index (χ0) is 14.3. The number of carbonyl (C=O) groups excluding carboxylic acids is 1. The van der Waals surface area contributed by atoms with Crippen molar-refractivity contribution in [3.05, 3.63) is 17.5 Å². The Morgan fingerprint density at radius 2 is 2.26 bits per heavy atom. The summed E-state index contributed by atoms with van der Waals surface area (Å²) in [5.74, 6) is -0.161. The van der Waals surface area contributed by atoms with E-state index < -0.39 is 0 Å². The van der Waals surface area contributed by atoms with Crippen molar-refractivity contribution in [2.24, 2.45) is 16.5 Å². The van der Waals surface area contributed by atoms with Crippen LogP contribution in [0.5, 0.6) is 0 Å². The normalized spacial score (nSPS) is 11.6. The van der Waals surface area contributed by atoms with Gasteiger partial charge in [-0.25, -0.2) is 0 Å². The third-order valence-electron chi connectivity index (χ3n) is 2.57. The predicted octanol–water partition coefficient (Wildman–Crippen LogP) is -0.00518. The van der Waals surface area contributed by atoms with Gasteiger partial charge in [0.15, 0.2) is 5.96 Å². The van der Waals surface area contributed by atoms with Crippen molar-refractivity contribution in [1.29, 1.82) is 0 Å². The summed E-state index contributed by atoms with van der Waals surface area (Å²) in [5.41, 5.74) is 12.3. The van der Waals surface area contributed by atoms with Crippen LogP contribution in [0.4, 0.5) is 0 Å². The lowest BCUT2D eigenvalue weighted by molar-refractivity contribution is 0.0966. The van der Waals surface area contributed by atoms with Crippen LogP contribution < -0.4 is 16.8 Å². The molecule has 0 aromatic carbocycles. The second-order valence-electron chi connectivity index (χ2n) is 4.20. The Morgan fingerprint density at radius 3 is 2.89 bits per heavy atom. The molecule has 1 amide bonds. The van der Waals surface area contributed by atoms with Crippen LogP contribution in [0.1, 0.15) is 35.9 Å². The number of guanidine groups is 1. The van der Waals surface area contributed by atoms with Crippen molar-refractivity contribution < 1.29 is 4.79 Å². The van der Waals surface area contributed by atoms with E-state index in [0.29, 0.717) is 25.3 Å². The average molecular weight is 266 g/mol. The second kappa shape index (κ2) is 7.52. The highest BCUT2D eigenvalue weighted by Gasteiger charge is 2.13. The molecule has 1 aromatic rings. The third-order valence-corrected chi connectivity index (χ3v) is 2.57. The van der Waals surface area contributed by atoms with Gasteiger partial charge in [-0.1, -0.05) is 0 Å². The van der Waals surface area contributed by atoms with Crippen LogP contribution in [0.25, 0.3) is 0 Å². The highest BCUT2D eigenvalue weighted by atomic mass is 16.2. The summed E-state index contributed by atoms with van der Waals surface area (Å²) in [5, 5.41) is 6.76. The van der Waals surface area contributed by atoms with E-state index in [1.165, 1.54) is 0 Å². The molecule has 1 heterocycles. The van der Waals surface area contributed by atoms with Crippen molar-refractivity contribution in [1.82, 2.24) is 15.1 Å². The molecular weight excluding hydrogens is 244 g/mol. The maximum Gasteiger partial charge on any atom is 0.276 e. The van der Waals surface area contributed by atoms with Gasteiger partial charge in [0.25, 0.3) is 5.91 Å². The molecular formula is C12H22N6O. The zero-order valence-electron chi connectivity index (χ0n) is 11.5. The Hall–Kier alpha value is -1.89. The zero-order valence-corrected chi connectivity index (χ0v) is 11.5. The number of nitrogens with two attached hydrogens (primary N) is 2. The molecule has 106 valence electrons. The van der Waals surface area contributed by atoms with Crippen LogP contribution in [0.2, 0.25) is 0 Å². The Morgan fingerprint density at radius 1 is 1.53 bits per heavy atom. The van der Waals surface area contributed by atoms with Gasteiger partial charge in [0.2, 0.25) is 0 Å². The van der Waals surface area contributed by atoms with Gasteiger partial charge >= 0.3 is 0 Å². The first-order valence-electron chi connectivity index (χ1n) is 6.44. The summed E-state index contributed by atoms with van der Waals surface area (Å²) >= 11 is 0. The number of hydrogen-bond acceptors (Lipinski definition) is 4. The molecule has 0 saturated heterocycles. The fourth-order valence-corrected chi connectivity index (χ4v) is 1.64. The van der Waals surface area contributed by atoms with Gasteiger partial charge in [-0.2, -0.15) is 5.10 Å². The van der Waals surface area contributed by atoms with Gasteiger partial charge in [0, 0.05) is 13.1 Å². The van der Waals surface area contributed by atoms with Crippen LogP contribution >= 0.6 is 0 Å². The van der Waals surface area contributed by atoms with E-state index in [2.05, 4.69) is 15.4 Å². The van der Waals surface area contributed by atoms with Gasteiger partial charge in [-0.15, -0.1) is 0 Å². The molecule has 0 aliphatic carbocycles. The predicted molar refractivity (Wildman–Crippen MR) is 74.9 cm³/mol. The van der Waals surface area contributed by atoms with Crippen molar-refractivity contribution >= 4 is 11.9 Å². The van der Waals surface area contributed by atoms with E-state index in [-0.39, 0.29) is 11.9 Å². The molecule has 7 nitrogen and oxygen atoms in total. The number of aliphatic imine (C=N–C) groups is 1. The number of hydrogen-bond donors (Lipinski definition) is 3. The van der Waals surface area contributed by atoms with Crippen LogP contribution in [-0.2, 0) is 6.54 Å². The SMILES string of the molecule is CCn1nc(C)cc1C(=O)NC(N)=NCCCCN. The number of aryl methyl sites for hydroxylation is 2. The highest BCUT2D eigenvalue weighted by molar-refractivity contribution is 6.04. The Labute approximate surface area is 113 Å². The van der Waals surface area contributed by atoms with Crippen molar-refractivity contribution in [2.75, 3.05) is 13.1 Å². The standard InChI is InChI=1S/C12H22N6O/c1-3-18-10(8-9(2)17-18)11(19)16-12(14)15-7-5-4-6-13/h8H,3-7,13H2,1-2H3,(H3,14,15,16,19). The quantitative estimate of drug-likeness (QED) is 0.382. The van der Waals surface area contributed by atoms with Crippen molar-refractivity contribution in [2.45, 2.75) is 33.2 Å². The van der Waals surface area contributed by atoms with Crippen molar-refractivity contribution in [3.63, 3.8) is 0 Å². The number of nitrogens with zero attached hydrogens (tertiary/aromatic N) is 3. The fraction of sp³-hybridized carbons (Fsp3) is 0.583. The first kappa shape index (κ1) is 15.2. The molecule has 0 fully saturated rings. The first-order chi connectivity index (χ1) is 9.08. The van der Waals surface area contributed by atoms with E-state index >= 15 is 0 Å². The molecule has 1 rings (SSSR count). The van der Waals surface area contributed by atoms with Crippen LogP contribution in [0.3, 0.4) is 0 Å². The molecule has 0 aliphatic heterocycles. The van der Waals surface area contributed by atoms with E-state index in [0.717, 1.165) is 18.5 Å². The number of carbonyl (C=O) groups is 1. The highest BCUT2D eigenvalue weighted by Crippen LogP contribution is 2.03. The summed E-state index contributed by atoms with van der Waals surface area (Å²) in [6.45, 7) is 5.59. The molecule has 0 saturated carbocycles. The van der Waals surface area contributed by atoms with Gasteiger partial charge in [-0.3, -0.25) is 19.8 Å². The van der Waals surface area contributed by atoms with Gasteiger partial charge in [0.05, 0.1) is 5.69 Å². The molecule has 0 radical (unpaired) electrons. The Balaban J connectivity index is 2.58. The summed E-state index contributed by atoms with van der Waals surface area (Å²) in [6, 6.07) is 1.72. The summed E-state index contributed by atoms with van der Waals surface area (Å²) in [7, 11) is 0. The summed E-state index contributed by atoms with van der Waals surface area (Å²) in [6.07, 6.45) is 1.76. The number of unbranched alkanes of at least 4 members (excludes halogenated alkanes) is 1. The average Bonchev–Trinajstić information content (AvgIpc) is 2.76. The first-order valence-corrected chi connectivity index (χ1v) is 6.44. The van der Waals surface area contributed by atoms with Gasteiger partial charge < -0.3 is 11.5 Å². The Bertz CT molecular complexity index is 451. The minimum absolute atomic E-state index is 0.128. The van der Waals surface area contributed by atoms with Gasteiger partial charge in [-0.05, 0) is 39.3 Å². The minimum atomic E-state index is -0.289. The number of nitrogens with one attached hydrogen (secondary N) is 1. The lowest BCUT2D eigenvalue weighted by Gasteiger charge is -2.06. The van der Waals surface area contributed by atoms with Crippen LogP contribution in [0.15, 0.2) is 11.1 Å². The molecule has 19 heavy (non-hydrogen) atoms. The molecule has 0 unspecified atom stereocenters. The summed E-state index contributed by atoms with van der Waals surface area (Å²) in [4.78, 5) is 16.1. The second-order valence-corrected chi connectivity index (χ2v) is 4.20.